The summed E-state index contributed by atoms with van der Waals surface area (Å²) in [6.45, 7) is 0.669. The van der Waals surface area contributed by atoms with Crippen LogP contribution >= 0.6 is 0 Å². The van der Waals surface area contributed by atoms with Crippen LogP contribution in [0.3, 0.4) is 0 Å². The molecule has 0 bridgehead atoms. The maximum absolute atomic E-state index is 11.4. The van der Waals surface area contributed by atoms with Crippen LogP contribution in [0.5, 0.6) is 0 Å². The van der Waals surface area contributed by atoms with Crippen LogP contribution in [0.1, 0.15) is 6.42 Å². The quantitative estimate of drug-likeness (QED) is 0.407. The number of ether oxygens (including phenoxy) is 3. The topological polar surface area (TPSA) is 61.8 Å². The van der Waals surface area contributed by atoms with Crippen molar-refractivity contribution in [1.82, 2.24) is 0 Å². The molecule has 2 heterocycles. The SMILES string of the molecule is COC(=O)[C@@]12OCC[C@@H]1COC2=O. The zero-order valence-corrected chi connectivity index (χ0v) is 7.24. The Kier molecular flexibility index (Phi) is 1.76. The second-order valence-electron chi connectivity index (χ2n) is 3.16. The van der Waals surface area contributed by atoms with Crippen molar-refractivity contribution in [3.8, 4) is 0 Å². The van der Waals surface area contributed by atoms with Crippen molar-refractivity contribution in [2.45, 2.75) is 12.0 Å². The van der Waals surface area contributed by atoms with E-state index in [-0.39, 0.29) is 12.5 Å². The molecule has 5 heteroatoms. The van der Waals surface area contributed by atoms with Crippen molar-refractivity contribution in [3.63, 3.8) is 0 Å². The van der Waals surface area contributed by atoms with E-state index < -0.39 is 17.5 Å². The molecule has 2 saturated heterocycles. The Morgan fingerprint density at radius 3 is 3.15 bits per heavy atom. The highest BCUT2D eigenvalue weighted by molar-refractivity contribution is 6.05. The van der Waals surface area contributed by atoms with Crippen molar-refractivity contribution in [3.05, 3.63) is 0 Å². The lowest BCUT2D eigenvalue weighted by Crippen LogP contribution is -2.48. The minimum absolute atomic E-state index is 0.174. The van der Waals surface area contributed by atoms with Crippen molar-refractivity contribution in [2.24, 2.45) is 5.92 Å². The second kappa shape index (κ2) is 2.70. The molecule has 0 saturated carbocycles. The van der Waals surface area contributed by atoms with Crippen LogP contribution in [0.25, 0.3) is 0 Å². The molecule has 2 rings (SSSR count). The van der Waals surface area contributed by atoms with E-state index in [1.54, 1.807) is 0 Å². The lowest BCUT2D eigenvalue weighted by atomic mass is 9.90. The van der Waals surface area contributed by atoms with Crippen LogP contribution in [0.15, 0.2) is 0 Å². The Labute approximate surface area is 74.9 Å². The summed E-state index contributed by atoms with van der Waals surface area (Å²) in [4.78, 5) is 22.7. The van der Waals surface area contributed by atoms with Crippen LogP contribution in [0.2, 0.25) is 0 Å². The summed E-state index contributed by atoms with van der Waals surface area (Å²) in [5, 5.41) is 0. The number of cyclic esters (lactones) is 1. The molecule has 2 atom stereocenters. The van der Waals surface area contributed by atoms with E-state index >= 15 is 0 Å². The molecule has 2 fully saturated rings. The Balaban J connectivity index is 2.35. The number of fused-ring (bicyclic) bond motifs is 1. The predicted molar refractivity (Wildman–Crippen MR) is 39.8 cm³/mol. The van der Waals surface area contributed by atoms with Gasteiger partial charge in [-0.15, -0.1) is 0 Å². The summed E-state index contributed by atoms with van der Waals surface area (Å²) in [5.41, 5.74) is -1.45. The first-order valence-corrected chi connectivity index (χ1v) is 4.11. The largest absolute Gasteiger partial charge is 0.466 e. The van der Waals surface area contributed by atoms with Gasteiger partial charge in [-0.2, -0.15) is 0 Å². The minimum Gasteiger partial charge on any atom is -0.466 e. The monoisotopic (exact) mass is 186 g/mol. The summed E-state index contributed by atoms with van der Waals surface area (Å²) in [7, 11) is 1.24. The molecule has 0 amide bonds. The highest BCUT2D eigenvalue weighted by Gasteiger charge is 2.63. The summed E-state index contributed by atoms with van der Waals surface area (Å²) < 4.78 is 14.5. The molecular weight excluding hydrogens is 176 g/mol. The first-order chi connectivity index (χ1) is 6.21. The van der Waals surface area contributed by atoms with Gasteiger partial charge < -0.3 is 14.2 Å². The van der Waals surface area contributed by atoms with Gasteiger partial charge in [0.1, 0.15) is 0 Å². The molecule has 2 aliphatic rings. The number of esters is 2. The molecule has 0 aliphatic carbocycles. The van der Waals surface area contributed by atoms with Gasteiger partial charge in [-0.3, -0.25) is 0 Å². The fourth-order valence-electron chi connectivity index (χ4n) is 1.85. The summed E-state index contributed by atoms with van der Waals surface area (Å²) in [6.07, 6.45) is 0.668. The summed E-state index contributed by atoms with van der Waals surface area (Å²) in [6, 6.07) is 0. The number of methoxy groups -OCH3 is 1. The zero-order chi connectivity index (χ0) is 9.47. The molecular formula is C8H10O5. The molecule has 0 aromatic carbocycles. The Bertz CT molecular complexity index is 261. The minimum atomic E-state index is -1.45. The van der Waals surface area contributed by atoms with E-state index in [2.05, 4.69) is 4.74 Å². The van der Waals surface area contributed by atoms with Crippen LogP contribution in [-0.4, -0.2) is 37.9 Å². The number of carbonyl (C=O) groups is 2. The normalized spacial score (nSPS) is 37.0. The Hall–Kier alpha value is -1.10. The average molecular weight is 186 g/mol. The highest BCUT2D eigenvalue weighted by Crippen LogP contribution is 2.39. The predicted octanol–water partition coefficient (Wildman–Crippen LogP) is -0.509. The third kappa shape index (κ3) is 0.904. The van der Waals surface area contributed by atoms with Crippen molar-refractivity contribution in [1.29, 1.82) is 0 Å². The summed E-state index contributed by atoms with van der Waals surface area (Å²) >= 11 is 0. The van der Waals surface area contributed by atoms with E-state index in [1.807, 2.05) is 0 Å². The molecule has 0 radical (unpaired) electrons. The fourth-order valence-corrected chi connectivity index (χ4v) is 1.85. The van der Waals surface area contributed by atoms with Crippen molar-refractivity contribution < 1.29 is 23.8 Å². The van der Waals surface area contributed by atoms with Gasteiger partial charge >= 0.3 is 11.9 Å². The molecule has 2 aliphatic heterocycles. The smallest absolute Gasteiger partial charge is 0.350 e. The van der Waals surface area contributed by atoms with E-state index in [0.29, 0.717) is 13.0 Å². The Morgan fingerprint density at radius 2 is 2.46 bits per heavy atom. The number of rotatable bonds is 1. The third-order valence-corrected chi connectivity index (χ3v) is 2.58. The van der Waals surface area contributed by atoms with E-state index in [0.717, 1.165) is 0 Å². The van der Waals surface area contributed by atoms with Gasteiger partial charge in [-0.1, -0.05) is 0 Å². The van der Waals surface area contributed by atoms with E-state index in [9.17, 15) is 9.59 Å². The number of carbonyl (C=O) groups excluding carboxylic acids is 2. The maximum atomic E-state index is 11.4. The van der Waals surface area contributed by atoms with Gasteiger partial charge in [-0.05, 0) is 6.42 Å². The molecule has 0 aromatic rings. The van der Waals surface area contributed by atoms with Crippen LogP contribution in [-0.2, 0) is 23.8 Å². The average Bonchev–Trinajstić information content (AvgIpc) is 2.67. The first-order valence-electron chi connectivity index (χ1n) is 4.11. The molecule has 13 heavy (non-hydrogen) atoms. The van der Waals surface area contributed by atoms with Gasteiger partial charge in [0.05, 0.1) is 13.7 Å². The fraction of sp³-hybridized carbons (Fsp3) is 0.750. The zero-order valence-electron chi connectivity index (χ0n) is 7.24. The van der Waals surface area contributed by atoms with Crippen LogP contribution in [0, 0.1) is 5.92 Å². The number of hydrogen-bond donors (Lipinski definition) is 0. The van der Waals surface area contributed by atoms with Gasteiger partial charge in [-0.25, -0.2) is 9.59 Å². The third-order valence-electron chi connectivity index (χ3n) is 2.58. The van der Waals surface area contributed by atoms with Gasteiger partial charge in [0.25, 0.3) is 5.60 Å². The molecule has 0 spiro atoms. The second-order valence-corrected chi connectivity index (χ2v) is 3.16. The van der Waals surface area contributed by atoms with E-state index in [1.165, 1.54) is 7.11 Å². The van der Waals surface area contributed by atoms with Gasteiger partial charge in [0, 0.05) is 12.5 Å². The summed E-state index contributed by atoms with van der Waals surface area (Å²) in [5.74, 6) is -1.42. The van der Waals surface area contributed by atoms with Crippen molar-refractivity contribution >= 4 is 11.9 Å². The first kappa shape index (κ1) is 8.50. The van der Waals surface area contributed by atoms with Crippen LogP contribution < -0.4 is 0 Å². The number of hydrogen-bond acceptors (Lipinski definition) is 5. The molecule has 0 aromatic heterocycles. The molecule has 0 unspecified atom stereocenters. The van der Waals surface area contributed by atoms with Gasteiger partial charge in [0.2, 0.25) is 0 Å². The standard InChI is InChI=1S/C8H10O5/c1-11-6(9)8-5(2-3-13-8)4-12-7(8)10/h5H,2-4H2,1H3/t5-,8+/m1/s1. The molecule has 72 valence electrons. The van der Waals surface area contributed by atoms with Gasteiger partial charge in [0.15, 0.2) is 0 Å². The Morgan fingerprint density at radius 1 is 1.69 bits per heavy atom. The lowest BCUT2D eigenvalue weighted by Gasteiger charge is -2.19. The van der Waals surface area contributed by atoms with E-state index in [4.69, 9.17) is 9.47 Å². The van der Waals surface area contributed by atoms with Crippen molar-refractivity contribution in [2.75, 3.05) is 20.3 Å². The molecule has 0 N–H and O–H groups in total. The lowest BCUT2D eigenvalue weighted by molar-refractivity contribution is -0.176. The molecule has 5 nitrogen and oxygen atoms in total. The highest BCUT2D eigenvalue weighted by atomic mass is 16.6. The van der Waals surface area contributed by atoms with Crippen LogP contribution in [0.4, 0.5) is 0 Å². The maximum Gasteiger partial charge on any atom is 0.350 e.